The van der Waals surface area contributed by atoms with Gasteiger partial charge in [-0.05, 0) is 67.3 Å². The Morgan fingerprint density at radius 3 is 2.38 bits per heavy atom. The topological polar surface area (TPSA) is 58.6 Å². The monoisotopic (exact) mass is 428 g/mol. The second-order valence-corrected chi connectivity index (χ2v) is 8.20. The van der Waals surface area contributed by atoms with Crippen LogP contribution in [0, 0.1) is 19.8 Å². The van der Waals surface area contributed by atoms with Gasteiger partial charge < -0.3 is 15.0 Å². The Labute approximate surface area is 189 Å². The summed E-state index contributed by atoms with van der Waals surface area (Å²) in [7, 11) is 1.61. The summed E-state index contributed by atoms with van der Waals surface area (Å²) in [5.41, 5.74) is 4.69. The molecular formula is C27H28N2O3. The van der Waals surface area contributed by atoms with Gasteiger partial charge in [0, 0.05) is 17.8 Å². The highest BCUT2D eigenvalue weighted by molar-refractivity contribution is 6.00. The maximum Gasteiger partial charge on any atom is 0.229 e. The first-order chi connectivity index (χ1) is 15.5. The smallest absolute Gasteiger partial charge is 0.229 e. The molecule has 4 rings (SSSR count). The fourth-order valence-corrected chi connectivity index (χ4v) is 4.36. The normalized spacial score (nSPS) is 18.3. The molecule has 1 saturated heterocycles. The number of hydrogen-bond acceptors (Lipinski definition) is 3. The van der Waals surface area contributed by atoms with Crippen molar-refractivity contribution in [1.82, 2.24) is 0 Å². The summed E-state index contributed by atoms with van der Waals surface area (Å²) >= 11 is 0. The number of carbonyl (C=O) groups excluding carboxylic acids is 2. The van der Waals surface area contributed by atoms with Crippen molar-refractivity contribution >= 4 is 23.2 Å². The molecule has 0 spiro atoms. The van der Waals surface area contributed by atoms with E-state index in [9.17, 15) is 9.59 Å². The van der Waals surface area contributed by atoms with Gasteiger partial charge in [-0.15, -0.1) is 0 Å². The molecule has 2 atom stereocenters. The Morgan fingerprint density at radius 2 is 1.69 bits per heavy atom. The van der Waals surface area contributed by atoms with Crippen LogP contribution in [0.5, 0.6) is 5.75 Å². The van der Waals surface area contributed by atoms with Gasteiger partial charge in [-0.1, -0.05) is 42.5 Å². The Bertz CT molecular complexity index is 1110. The standard InChI is InChI=1S/C27H28N2O3/c1-18-8-7-11-24(19(18)2)28-27(31)23-16-17-25(30)29(21-12-14-22(32-3)15-13-21)26(23)20-9-5-4-6-10-20/h4-15,23,26H,16-17H2,1-3H3,(H,28,31)/t23-,26+/m0/s1. The number of ether oxygens (including phenoxy) is 1. The van der Waals surface area contributed by atoms with Crippen LogP contribution in [0.1, 0.15) is 35.6 Å². The van der Waals surface area contributed by atoms with Gasteiger partial charge in [0.15, 0.2) is 0 Å². The van der Waals surface area contributed by atoms with Crippen LogP contribution in [0.4, 0.5) is 11.4 Å². The van der Waals surface area contributed by atoms with Crippen molar-refractivity contribution in [3.8, 4) is 5.75 Å². The molecule has 5 nitrogen and oxygen atoms in total. The van der Waals surface area contributed by atoms with E-state index in [0.29, 0.717) is 12.8 Å². The summed E-state index contributed by atoms with van der Waals surface area (Å²) < 4.78 is 5.27. The fraction of sp³-hybridized carbons (Fsp3) is 0.259. The van der Waals surface area contributed by atoms with Gasteiger partial charge in [-0.3, -0.25) is 9.59 Å². The molecule has 1 aliphatic rings. The molecule has 1 aliphatic heterocycles. The van der Waals surface area contributed by atoms with E-state index in [0.717, 1.165) is 33.8 Å². The highest BCUT2D eigenvalue weighted by Crippen LogP contribution is 2.41. The number of piperidine rings is 1. The molecule has 0 radical (unpaired) electrons. The van der Waals surface area contributed by atoms with Crippen molar-refractivity contribution in [1.29, 1.82) is 0 Å². The zero-order chi connectivity index (χ0) is 22.7. The summed E-state index contributed by atoms with van der Waals surface area (Å²) in [6.45, 7) is 4.04. The third kappa shape index (κ3) is 4.24. The minimum absolute atomic E-state index is 0.0137. The molecule has 1 fully saturated rings. The van der Waals surface area contributed by atoms with E-state index in [4.69, 9.17) is 4.74 Å². The van der Waals surface area contributed by atoms with Crippen molar-refractivity contribution in [2.24, 2.45) is 5.92 Å². The van der Waals surface area contributed by atoms with Gasteiger partial charge in [-0.25, -0.2) is 0 Å². The molecule has 0 saturated carbocycles. The van der Waals surface area contributed by atoms with Crippen LogP contribution in [0.25, 0.3) is 0 Å². The Hall–Kier alpha value is -3.60. The Kier molecular flexibility index (Phi) is 6.26. The van der Waals surface area contributed by atoms with E-state index in [-0.39, 0.29) is 17.7 Å². The van der Waals surface area contributed by atoms with Gasteiger partial charge >= 0.3 is 0 Å². The summed E-state index contributed by atoms with van der Waals surface area (Å²) in [4.78, 5) is 28.4. The fourth-order valence-electron chi connectivity index (χ4n) is 4.36. The number of methoxy groups -OCH3 is 1. The summed E-state index contributed by atoms with van der Waals surface area (Å²) in [5.74, 6) is 0.286. The lowest BCUT2D eigenvalue weighted by Crippen LogP contribution is -2.47. The van der Waals surface area contributed by atoms with Crippen LogP contribution < -0.4 is 15.0 Å². The van der Waals surface area contributed by atoms with E-state index in [2.05, 4.69) is 5.32 Å². The van der Waals surface area contributed by atoms with Gasteiger partial charge in [0.1, 0.15) is 5.75 Å². The van der Waals surface area contributed by atoms with Gasteiger partial charge in [0.25, 0.3) is 0 Å². The Morgan fingerprint density at radius 1 is 0.969 bits per heavy atom. The molecular weight excluding hydrogens is 400 g/mol. The van der Waals surface area contributed by atoms with Gasteiger partial charge in [0.05, 0.1) is 19.1 Å². The predicted molar refractivity (Wildman–Crippen MR) is 127 cm³/mol. The SMILES string of the molecule is COc1ccc(N2C(=O)CC[C@H](C(=O)Nc3cccc(C)c3C)[C@H]2c2ccccc2)cc1. The highest BCUT2D eigenvalue weighted by Gasteiger charge is 2.41. The zero-order valence-electron chi connectivity index (χ0n) is 18.7. The van der Waals surface area contributed by atoms with Gasteiger partial charge in [0.2, 0.25) is 11.8 Å². The number of anilines is 2. The van der Waals surface area contributed by atoms with Crippen LogP contribution in [0.3, 0.4) is 0 Å². The maximum atomic E-state index is 13.5. The average molecular weight is 429 g/mol. The van der Waals surface area contributed by atoms with E-state index in [1.54, 1.807) is 12.0 Å². The molecule has 1 N–H and O–H groups in total. The van der Waals surface area contributed by atoms with Crippen molar-refractivity contribution in [3.05, 3.63) is 89.5 Å². The summed E-state index contributed by atoms with van der Waals surface area (Å²) in [6.07, 6.45) is 0.821. The maximum absolute atomic E-state index is 13.5. The molecule has 164 valence electrons. The molecule has 0 bridgehead atoms. The molecule has 0 aromatic heterocycles. The van der Waals surface area contributed by atoms with E-state index >= 15 is 0 Å². The molecule has 0 unspecified atom stereocenters. The lowest BCUT2D eigenvalue weighted by atomic mass is 9.83. The molecule has 5 heteroatoms. The first-order valence-electron chi connectivity index (χ1n) is 10.9. The minimum atomic E-state index is -0.393. The van der Waals surface area contributed by atoms with Crippen LogP contribution in [0.2, 0.25) is 0 Å². The third-order valence-electron chi connectivity index (χ3n) is 6.29. The molecule has 0 aliphatic carbocycles. The number of nitrogens with one attached hydrogen (secondary N) is 1. The van der Waals surface area contributed by atoms with Crippen molar-refractivity contribution in [2.75, 3.05) is 17.3 Å². The number of amides is 2. The molecule has 3 aromatic carbocycles. The van der Waals surface area contributed by atoms with Crippen LogP contribution in [-0.4, -0.2) is 18.9 Å². The number of carbonyl (C=O) groups is 2. The van der Waals surface area contributed by atoms with Crippen molar-refractivity contribution in [2.45, 2.75) is 32.7 Å². The Balaban J connectivity index is 1.72. The average Bonchev–Trinajstić information content (AvgIpc) is 2.82. The third-order valence-corrected chi connectivity index (χ3v) is 6.29. The molecule has 3 aromatic rings. The minimum Gasteiger partial charge on any atom is -0.497 e. The number of nitrogens with zero attached hydrogens (tertiary/aromatic N) is 1. The number of rotatable bonds is 5. The van der Waals surface area contributed by atoms with Gasteiger partial charge in [-0.2, -0.15) is 0 Å². The number of benzene rings is 3. The first kappa shape index (κ1) is 21.6. The quantitative estimate of drug-likeness (QED) is 0.589. The lowest BCUT2D eigenvalue weighted by molar-refractivity contribution is -0.125. The van der Waals surface area contributed by atoms with E-state index < -0.39 is 6.04 Å². The van der Waals surface area contributed by atoms with Crippen molar-refractivity contribution < 1.29 is 14.3 Å². The molecule has 1 heterocycles. The number of hydrogen-bond donors (Lipinski definition) is 1. The second-order valence-electron chi connectivity index (χ2n) is 8.20. The van der Waals surface area contributed by atoms with E-state index in [1.165, 1.54) is 0 Å². The zero-order valence-corrected chi connectivity index (χ0v) is 18.7. The first-order valence-corrected chi connectivity index (χ1v) is 10.9. The van der Waals surface area contributed by atoms with Crippen LogP contribution >= 0.6 is 0 Å². The van der Waals surface area contributed by atoms with Crippen LogP contribution in [0.15, 0.2) is 72.8 Å². The molecule has 2 amide bonds. The lowest BCUT2D eigenvalue weighted by Gasteiger charge is -2.41. The van der Waals surface area contributed by atoms with Crippen molar-refractivity contribution in [3.63, 3.8) is 0 Å². The van der Waals surface area contributed by atoms with Crippen LogP contribution in [-0.2, 0) is 9.59 Å². The predicted octanol–water partition coefficient (Wildman–Crippen LogP) is 5.44. The summed E-state index contributed by atoms with van der Waals surface area (Å²) in [6, 6.07) is 22.7. The largest absolute Gasteiger partial charge is 0.497 e. The summed E-state index contributed by atoms with van der Waals surface area (Å²) in [5, 5.41) is 3.13. The molecule has 32 heavy (non-hydrogen) atoms. The number of aryl methyl sites for hydroxylation is 1. The van der Waals surface area contributed by atoms with E-state index in [1.807, 2.05) is 86.6 Å². The second kappa shape index (κ2) is 9.27. The highest BCUT2D eigenvalue weighted by atomic mass is 16.5.